The highest BCUT2D eigenvalue weighted by atomic mass is 32.2. The number of benzene rings is 1. The van der Waals surface area contributed by atoms with Crippen molar-refractivity contribution in [1.29, 1.82) is 0 Å². The predicted molar refractivity (Wildman–Crippen MR) is 158 cm³/mol. The number of carbonyl (C=O) groups excluding carboxylic acids is 1. The Labute approximate surface area is 245 Å². The number of aromatic amines is 1. The maximum Gasteiger partial charge on any atom is 0.305 e. The molecule has 1 N–H and O–H groups in total. The minimum atomic E-state index is -3.86. The molecular weight excluding hydrogens is 565 g/mol. The minimum Gasteiger partial charge on any atom is -0.493 e. The first-order valence-corrected chi connectivity index (χ1v) is 16.0. The lowest BCUT2D eigenvalue weighted by Crippen LogP contribution is -2.49. The summed E-state index contributed by atoms with van der Waals surface area (Å²) in [4.78, 5) is 34.4. The van der Waals surface area contributed by atoms with Crippen LogP contribution in [0, 0.1) is 0 Å². The number of hydrogen-bond donors (Lipinski definition) is 1. The highest BCUT2D eigenvalue weighted by molar-refractivity contribution is 7.89. The van der Waals surface area contributed by atoms with Crippen LogP contribution in [0.1, 0.15) is 45.6 Å². The van der Waals surface area contributed by atoms with Gasteiger partial charge in [0.25, 0.3) is 5.56 Å². The van der Waals surface area contributed by atoms with Crippen LogP contribution >= 0.6 is 0 Å². The number of rotatable bonds is 14. The van der Waals surface area contributed by atoms with Crippen molar-refractivity contribution in [3.63, 3.8) is 0 Å². The number of fused-ring (bicyclic) bond motifs is 1. The van der Waals surface area contributed by atoms with Crippen molar-refractivity contribution in [2.75, 3.05) is 52.6 Å². The fraction of sp³-hybridized carbons (Fsp3) is 0.552. The second kappa shape index (κ2) is 14.3. The maximum atomic E-state index is 13.7. The van der Waals surface area contributed by atoms with Gasteiger partial charge in [0.05, 0.1) is 29.3 Å². The van der Waals surface area contributed by atoms with Crippen molar-refractivity contribution >= 4 is 27.0 Å². The summed E-state index contributed by atoms with van der Waals surface area (Å²) in [5, 5.41) is 0. The molecule has 1 aliphatic heterocycles. The summed E-state index contributed by atoms with van der Waals surface area (Å²) < 4.78 is 54.7. The van der Waals surface area contributed by atoms with Crippen molar-refractivity contribution in [2.24, 2.45) is 0 Å². The molecule has 11 nitrogen and oxygen atoms in total. The number of ether oxygens (including phenoxy) is 2. The van der Waals surface area contributed by atoms with E-state index in [1.807, 2.05) is 20.0 Å². The van der Waals surface area contributed by atoms with Gasteiger partial charge in [0.2, 0.25) is 10.0 Å². The lowest BCUT2D eigenvalue weighted by atomic mass is 10.1. The molecule has 0 amide bonds. The number of sulfonamides is 1. The highest BCUT2D eigenvalue weighted by Gasteiger charge is 2.30. The number of alkyl halides is 1. The Morgan fingerprint density at radius 1 is 1.12 bits per heavy atom. The summed E-state index contributed by atoms with van der Waals surface area (Å²) in [5.74, 6) is 0.342. The number of carbonyl (C=O) groups is 1. The van der Waals surface area contributed by atoms with Crippen molar-refractivity contribution in [2.45, 2.75) is 57.9 Å². The van der Waals surface area contributed by atoms with Gasteiger partial charge in [-0.3, -0.25) is 18.9 Å². The van der Waals surface area contributed by atoms with E-state index < -0.39 is 16.7 Å². The third kappa shape index (κ3) is 7.01. The van der Waals surface area contributed by atoms with E-state index in [0.717, 1.165) is 12.0 Å². The van der Waals surface area contributed by atoms with Gasteiger partial charge in [-0.15, -0.1) is 0 Å². The molecule has 3 aromatic rings. The standard InChI is InChI=1S/C29H40FN5O6S/c1-4-17-40-24-10-9-22(42(38,39)35-14-12-33(13-15-35)16-18-41-25(36)5-2)19-23(24)28-31-26-21(8-7-11-30)20-34(6-3)27(26)29(37)32-28/h9-10,19-20H,4-8,11-18H2,1-3H3,(H,31,32,37). The molecule has 0 aliphatic carbocycles. The minimum absolute atomic E-state index is 0.0678. The van der Waals surface area contributed by atoms with Gasteiger partial charge in [-0.1, -0.05) is 13.8 Å². The molecule has 0 bridgehead atoms. The third-order valence-corrected chi connectivity index (χ3v) is 9.21. The molecule has 2 aromatic heterocycles. The topological polar surface area (TPSA) is 127 Å². The van der Waals surface area contributed by atoms with Crippen LogP contribution in [0.5, 0.6) is 5.75 Å². The Morgan fingerprint density at radius 2 is 1.88 bits per heavy atom. The zero-order valence-corrected chi connectivity index (χ0v) is 25.3. The number of hydrogen-bond acceptors (Lipinski definition) is 8. The molecule has 0 unspecified atom stereocenters. The number of aryl methyl sites for hydroxylation is 2. The molecule has 0 atom stereocenters. The molecule has 1 saturated heterocycles. The van der Waals surface area contributed by atoms with Crippen LogP contribution in [0.25, 0.3) is 22.4 Å². The van der Waals surface area contributed by atoms with E-state index in [0.29, 0.717) is 74.4 Å². The van der Waals surface area contributed by atoms with Gasteiger partial charge in [0.1, 0.15) is 23.7 Å². The second-order valence-electron chi connectivity index (χ2n) is 10.2. The number of esters is 1. The first-order chi connectivity index (χ1) is 20.2. The molecule has 13 heteroatoms. The lowest BCUT2D eigenvalue weighted by Gasteiger charge is -2.33. The molecular formula is C29H40FN5O6S. The van der Waals surface area contributed by atoms with Crippen LogP contribution in [0.2, 0.25) is 0 Å². The number of nitrogens with zero attached hydrogens (tertiary/aromatic N) is 4. The van der Waals surface area contributed by atoms with Crippen molar-refractivity contribution in [1.82, 2.24) is 23.7 Å². The van der Waals surface area contributed by atoms with E-state index in [4.69, 9.17) is 14.5 Å². The molecule has 0 saturated carbocycles. The van der Waals surface area contributed by atoms with E-state index in [2.05, 4.69) is 9.88 Å². The molecule has 0 spiro atoms. The molecule has 230 valence electrons. The van der Waals surface area contributed by atoms with Crippen LogP contribution in [0.4, 0.5) is 4.39 Å². The molecule has 4 rings (SSSR count). The summed E-state index contributed by atoms with van der Waals surface area (Å²) in [5.41, 5.74) is 1.63. The van der Waals surface area contributed by atoms with Crippen molar-refractivity contribution in [3.8, 4) is 17.1 Å². The predicted octanol–water partition coefficient (Wildman–Crippen LogP) is 3.36. The lowest BCUT2D eigenvalue weighted by molar-refractivity contribution is -0.143. The molecule has 0 radical (unpaired) electrons. The SMILES string of the molecule is CCCOc1ccc(S(=O)(=O)N2CCN(CCOC(=O)CC)CC2)cc1-c1nc2c(CCCF)cn(CC)c2c(=O)[nH]1. The first kappa shape index (κ1) is 31.6. The van der Waals surface area contributed by atoms with Gasteiger partial charge >= 0.3 is 5.97 Å². The van der Waals surface area contributed by atoms with Crippen LogP contribution in [-0.2, 0) is 32.5 Å². The Bertz CT molecular complexity index is 1550. The summed E-state index contributed by atoms with van der Waals surface area (Å²) in [6, 6.07) is 4.61. The molecule has 42 heavy (non-hydrogen) atoms. The number of aromatic nitrogens is 3. The summed E-state index contributed by atoms with van der Waals surface area (Å²) in [7, 11) is -3.86. The molecule has 1 aromatic carbocycles. The van der Waals surface area contributed by atoms with Crippen LogP contribution in [0.3, 0.4) is 0 Å². The quantitative estimate of drug-likeness (QED) is 0.277. The van der Waals surface area contributed by atoms with Gasteiger partial charge in [-0.05, 0) is 49.9 Å². The fourth-order valence-electron chi connectivity index (χ4n) is 5.01. The van der Waals surface area contributed by atoms with Gasteiger partial charge in [0.15, 0.2) is 0 Å². The Hall–Kier alpha value is -3.29. The van der Waals surface area contributed by atoms with Crippen molar-refractivity contribution < 1.29 is 27.1 Å². The van der Waals surface area contributed by atoms with E-state index in [-0.39, 0.29) is 41.9 Å². The number of nitrogens with one attached hydrogen (secondary N) is 1. The van der Waals surface area contributed by atoms with E-state index >= 15 is 0 Å². The molecule has 3 heterocycles. The van der Waals surface area contributed by atoms with Gasteiger partial charge < -0.3 is 19.0 Å². The Morgan fingerprint density at radius 3 is 2.55 bits per heavy atom. The monoisotopic (exact) mass is 605 g/mol. The molecule has 1 aliphatic rings. The average Bonchev–Trinajstić information content (AvgIpc) is 3.37. The highest BCUT2D eigenvalue weighted by Crippen LogP contribution is 2.33. The Kier molecular flexibility index (Phi) is 10.7. The zero-order valence-electron chi connectivity index (χ0n) is 24.5. The average molecular weight is 606 g/mol. The molecule has 1 fully saturated rings. The normalized spacial score (nSPS) is 14.9. The van der Waals surface area contributed by atoms with Crippen LogP contribution in [-0.4, -0.2) is 90.7 Å². The first-order valence-electron chi connectivity index (χ1n) is 14.6. The largest absolute Gasteiger partial charge is 0.493 e. The number of piperazine rings is 1. The third-order valence-electron chi connectivity index (χ3n) is 7.31. The summed E-state index contributed by atoms with van der Waals surface area (Å²) in [6.45, 7) is 8.49. The maximum absolute atomic E-state index is 13.7. The van der Waals surface area contributed by atoms with E-state index in [9.17, 15) is 22.4 Å². The fourth-order valence-corrected chi connectivity index (χ4v) is 6.46. The van der Waals surface area contributed by atoms with Crippen LogP contribution < -0.4 is 10.3 Å². The number of H-pyrrole nitrogens is 1. The van der Waals surface area contributed by atoms with Crippen LogP contribution in [0.15, 0.2) is 34.1 Å². The van der Waals surface area contributed by atoms with E-state index in [1.54, 1.807) is 17.6 Å². The summed E-state index contributed by atoms with van der Waals surface area (Å²) in [6.07, 6.45) is 3.62. The smallest absolute Gasteiger partial charge is 0.305 e. The second-order valence-corrected chi connectivity index (χ2v) is 12.1. The van der Waals surface area contributed by atoms with Gasteiger partial charge in [-0.25, -0.2) is 13.4 Å². The number of halogens is 1. The van der Waals surface area contributed by atoms with E-state index in [1.165, 1.54) is 16.4 Å². The summed E-state index contributed by atoms with van der Waals surface area (Å²) >= 11 is 0. The Balaban J connectivity index is 1.65. The van der Waals surface area contributed by atoms with Gasteiger partial charge in [0, 0.05) is 51.9 Å². The van der Waals surface area contributed by atoms with Gasteiger partial charge in [-0.2, -0.15) is 4.31 Å². The van der Waals surface area contributed by atoms with Crippen molar-refractivity contribution in [3.05, 3.63) is 40.3 Å². The zero-order chi connectivity index (χ0) is 30.3.